The highest BCUT2D eigenvalue weighted by Gasteiger charge is 2.35. The molecule has 2 aromatic carbocycles. The summed E-state index contributed by atoms with van der Waals surface area (Å²) in [6.07, 6.45) is 1.42. The lowest BCUT2D eigenvalue weighted by Gasteiger charge is -2.29. The Bertz CT molecular complexity index is 1390. The molecule has 0 radical (unpaired) electrons. The summed E-state index contributed by atoms with van der Waals surface area (Å²) in [5, 5.41) is 2.14. The van der Waals surface area contributed by atoms with Crippen LogP contribution in [0.1, 0.15) is 17.0 Å². The van der Waals surface area contributed by atoms with Crippen molar-refractivity contribution in [1.29, 1.82) is 0 Å². The zero-order valence-corrected chi connectivity index (χ0v) is 20.4. The van der Waals surface area contributed by atoms with Gasteiger partial charge in [0.1, 0.15) is 17.2 Å². The Morgan fingerprint density at radius 2 is 1.79 bits per heavy atom. The van der Waals surface area contributed by atoms with Gasteiger partial charge in [-0.25, -0.2) is 8.78 Å². The Kier molecular flexibility index (Phi) is 6.22. The molecule has 1 N–H and O–H groups in total. The molecule has 0 atom stereocenters. The molecule has 4 rings (SSSR count). The van der Waals surface area contributed by atoms with E-state index in [0.717, 1.165) is 11.0 Å². The fourth-order valence-electron chi connectivity index (χ4n) is 3.64. The first-order valence-corrected chi connectivity index (χ1v) is 11.2. The molecule has 0 spiro atoms. The molecule has 0 aliphatic carbocycles. The van der Waals surface area contributed by atoms with Crippen LogP contribution >= 0.6 is 39.7 Å². The van der Waals surface area contributed by atoms with Crippen molar-refractivity contribution in [3.8, 4) is 5.69 Å². The summed E-state index contributed by atoms with van der Waals surface area (Å²) in [6, 6.07) is 10.1. The van der Waals surface area contributed by atoms with E-state index in [1.165, 1.54) is 24.3 Å². The van der Waals surface area contributed by atoms with E-state index >= 15 is 0 Å². The van der Waals surface area contributed by atoms with Gasteiger partial charge >= 0.3 is 0 Å². The normalized spacial score (nSPS) is 15.4. The minimum atomic E-state index is -0.689. The second-order valence-corrected chi connectivity index (χ2v) is 9.02. The van der Waals surface area contributed by atoms with E-state index in [1.54, 1.807) is 36.6 Å². The van der Waals surface area contributed by atoms with Crippen molar-refractivity contribution in [3.05, 3.63) is 86.1 Å². The Morgan fingerprint density at radius 1 is 1.06 bits per heavy atom. The molecule has 168 valence electrons. The van der Waals surface area contributed by atoms with Crippen LogP contribution in [0.3, 0.4) is 0 Å². The van der Waals surface area contributed by atoms with Crippen molar-refractivity contribution < 1.29 is 18.4 Å². The number of hydrogen-bond donors (Lipinski definition) is 1. The largest absolute Gasteiger partial charge is 0.315 e. The number of hydrogen-bond acceptors (Lipinski definition) is 3. The average Bonchev–Trinajstić information content (AvgIpc) is 3.01. The van der Waals surface area contributed by atoms with Crippen molar-refractivity contribution in [2.24, 2.45) is 0 Å². The number of nitrogens with one attached hydrogen (secondary N) is 1. The fraction of sp³-hybridized carbons (Fsp3) is 0.0870. The van der Waals surface area contributed by atoms with Gasteiger partial charge in [0.25, 0.3) is 11.8 Å². The van der Waals surface area contributed by atoms with E-state index in [9.17, 15) is 18.4 Å². The molecule has 33 heavy (non-hydrogen) atoms. The number of aryl methyl sites for hydroxylation is 1. The van der Waals surface area contributed by atoms with Crippen molar-refractivity contribution >= 4 is 68.4 Å². The first-order valence-electron chi connectivity index (χ1n) is 9.59. The number of amides is 2. The van der Waals surface area contributed by atoms with Crippen LogP contribution in [0.5, 0.6) is 0 Å². The van der Waals surface area contributed by atoms with Crippen LogP contribution in [-0.4, -0.2) is 21.5 Å². The molecule has 0 saturated carbocycles. The summed E-state index contributed by atoms with van der Waals surface area (Å²) >= 11 is 14.2. The van der Waals surface area contributed by atoms with Gasteiger partial charge in [-0.1, -0.05) is 27.5 Å². The van der Waals surface area contributed by atoms with Gasteiger partial charge in [0.2, 0.25) is 0 Å². The Balaban J connectivity index is 1.78. The number of anilines is 1. The number of carbonyl (C=O) groups is 2. The first kappa shape index (κ1) is 23.3. The highest BCUT2D eigenvalue weighted by molar-refractivity contribution is 9.10. The lowest BCUT2D eigenvalue weighted by Crippen LogP contribution is -2.54. The van der Waals surface area contributed by atoms with Gasteiger partial charge in [0.15, 0.2) is 5.11 Å². The highest BCUT2D eigenvalue weighted by Crippen LogP contribution is 2.29. The van der Waals surface area contributed by atoms with Gasteiger partial charge in [-0.2, -0.15) is 0 Å². The predicted molar refractivity (Wildman–Crippen MR) is 131 cm³/mol. The quantitative estimate of drug-likeness (QED) is 0.262. The first-order chi connectivity index (χ1) is 15.6. The summed E-state index contributed by atoms with van der Waals surface area (Å²) < 4.78 is 30.5. The van der Waals surface area contributed by atoms with Crippen LogP contribution in [0, 0.1) is 25.5 Å². The van der Waals surface area contributed by atoms with E-state index in [4.69, 9.17) is 23.8 Å². The predicted octanol–water partition coefficient (Wildman–Crippen LogP) is 5.62. The van der Waals surface area contributed by atoms with Crippen molar-refractivity contribution in [3.63, 3.8) is 0 Å². The van der Waals surface area contributed by atoms with Gasteiger partial charge in [0.05, 0.1) is 16.4 Å². The maximum absolute atomic E-state index is 14.6. The molecule has 2 amide bonds. The third-order valence-corrected chi connectivity index (χ3v) is 6.25. The number of carbonyl (C=O) groups excluding carboxylic acids is 2. The Labute approximate surface area is 206 Å². The van der Waals surface area contributed by atoms with Gasteiger partial charge in [-0.15, -0.1) is 0 Å². The zero-order valence-electron chi connectivity index (χ0n) is 17.2. The van der Waals surface area contributed by atoms with Gasteiger partial charge in [0, 0.05) is 15.9 Å². The maximum atomic E-state index is 14.6. The molecule has 5 nitrogen and oxygen atoms in total. The molecule has 0 bridgehead atoms. The van der Waals surface area contributed by atoms with E-state index < -0.39 is 23.4 Å². The summed E-state index contributed by atoms with van der Waals surface area (Å²) in [4.78, 5) is 26.9. The number of rotatable bonds is 3. The van der Waals surface area contributed by atoms with Crippen molar-refractivity contribution in [2.75, 3.05) is 4.90 Å². The molecule has 3 aromatic rings. The number of aromatic nitrogens is 1. The van der Waals surface area contributed by atoms with Gasteiger partial charge in [-0.05, 0) is 80.2 Å². The fourth-order valence-corrected chi connectivity index (χ4v) is 4.43. The van der Waals surface area contributed by atoms with Gasteiger partial charge in [-0.3, -0.25) is 19.8 Å². The third-order valence-electron chi connectivity index (χ3n) is 5.18. The SMILES string of the molecule is Cc1cc(/C=C2\C(=O)NC(=S)N(c3ccc(F)c(Cl)c3)C2=O)c(C)n1-c1ccc(Br)cc1F. The molecular formula is C23H15BrClF2N3O2S. The maximum Gasteiger partial charge on any atom is 0.270 e. The Hall–Kier alpha value is -2.88. The number of halogens is 4. The molecule has 2 heterocycles. The molecule has 1 saturated heterocycles. The van der Waals surface area contributed by atoms with E-state index in [1.807, 2.05) is 0 Å². The van der Waals surface area contributed by atoms with E-state index in [0.29, 0.717) is 27.1 Å². The van der Waals surface area contributed by atoms with Crippen LogP contribution in [0.2, 0.25) is 5.02 Å². The highest BCUT2D eigenvalue weighted by atomic mass is 79.9. The van der Waals surface area contributed by atoms with Crippen LogP contribution in [0.15, 0.2) is 52.5 Å². The minimum absolute atomic E-state index is 0.146. The molecule has 10 heteroatoms. The van der Waals surface area contributed by atoms with Crippen LogP contribution in [-0.2, 0) is 9.59 Å². The van der Waals surface area contributed by atoms with Crippen LogP contribution in [0.25, 0.3) is 11.8 Å². The third kappa shape index (κ3) is 4.23. The number of benzene rings is 2. The minimum Gasteiger partial charge on any atom is -0.315 e. The topological polar surface area (TPSA) is 54.3 Å². The zero-order chi connectivity index (χ0) is 24.0. The summed E-state index contributed by atoms with van der Waals surface area (Å²) in [6.45, 7) is 3.55. The number of nitrogens with zero attached hydrogens (tertiary/aromatic N) is 2. The monoisotopic (exact) mass is 549 g/mol. The molecule has 1 aliphatic heterocycles. The van der Waals surface area contributed by atoms with Gasteiger partial charge < -0.3 is 4.57 Å². The second kappa shape index (κ2) is 8.81. The van der Waals surface area contributed by atoms with Crippen LogP contribution in [0.4, 0.5) is 14.5 Å². The molecule has 1 aliphatic rings. The molecule has 1 fully saturated rings. The number of thiocarbonyl (C=S) groups is 1. The molecule has 1 aromatic heterocycles. The van der Waals surface area contributed by atoms with Crippen LogP contribution < -0.4 is 10.2 Å². The summed E-state index contributed by atoms with van der Waals surface area (Å²) in [7, 11) is 0. The molecular weight excluding hydrogens is 536 g/mol. The lowest BCUT2D eigenvalue weighted by molar-refractivity contribution is -0.122. The summed E-state index contributed by atoms with van der Waals surface area (Å²) in [5.41, 5.74) is 2.26. The smallest absolute Gasteiger partial charge is 0.270 e. The van der Waals surface area contributed by atoms with Crippen molar-refractivity contribution in [1.82, 2.24) is 9.88 Å². The van der Waals surface area contributed by atoms with Crippen molar-refractivity contribution in [2.45, 2.75) is 13.8 Å². The second-order valence-electron chi connectivity index (χ2n) is 7.31. The molecule has 0 unspecified atom stereocenters. The van der Waals surface area contributed by atoms with E-state index in [-0.39, 0.29) is 21.4 Å². The Morgan fingerprint density at radius 3 is 2.45 bits per heavy atom. The lowest BCUT2D eigenvalue weighted by atomic mass is 10.1. The van der Waals surface area contributed by atoms with E-state index in [2.05, 4.69) is 21.2 Å². The summed E-state index contributed by atoms with van der Waals surface area (Å²) in [5.74, 6) is -2.44. The standard InChI is InChI=1S/C23H15BrClF2N3O2S/c1-11-7-13(12(2)29(11)20-6-3-14(24)9-19(20)27)8-16-21(31)28-23(33)30(22(16)32)15-4-5-18(26)17(25)10-15/h3-10H,1-2H3,(H,28,31,33)/b16-8+. The average molecular weight is 551 g/mol.